The predicted octanol–water partition coefficient (Wildman–Crippen LogP) is 13.2. The summed E-state index contributed by atoms with van der Waals surface area (Å²) in [5.74, 6) is 0. The second-order valence-corrected chi connectivity index (χ2v) is 13.9. The first kappa shape index (κ1) is 27.4. The van der Waals surface area contributed by atoms with Crippen molar-refractivity contribution in [1.82, 2.24) is 4.57 Å². The van der Waals surface area contributed by atoms with E-state index in [1.807, 2.05) is 11.3 Å². The number of allylic oxidation sites excluding steroid dienone is 4. The maximum Gasteiger partial charge on any atom is 0.0555 e. The van der Waals surface area contributed by atoms with E-state index in [0.29, 0.717) is 0 Å². The molecule has 7 aromatic carbocycles. The fourth-order valence-corrected chi connectivity index (χ4v) is 9.10. The van der Waals surface area contributed by atoms with Gasteiger partial charge in [-0.05, 0) is 93.4 Å². The summed E-state index contributed by atoms with van der Waals surface area (Å²) < 4.78 is 5.19. The zero-order valence-corrected chi connectivity index (χ0v) is 27.2. The molecule has 0 saturated carbocycles. The monoisotopic (exact) mass is 629 g/mol. The lowest BCUT2D eigenvalue weighted by molar-refractivity contribution is 1.06. The zero-order chi connectivity index (χ0) is 31.6. The molecule has 9 aromatic rings. The van der Waals surface area contributed by atoms with Gasteiger partial charge in [0.05, 0.1) is 11.0 Å². The molecule has 0 amide bonds. The van der Waals surface area contributed by atoms with Gasteiger partial charge in [0, 0.05) is 36.6 Å². The van der Waals surface area contributed by atoms with Crippen LogP contribution in [0.3, 0.4) is 0 Å². The van der Waals surface area contributed by atoms with Crippen molar-refractivity contribution in [2.24, 2.45) is 0 Å². The summed E-state index contributed by atoms with van der Waals surface area (Å²) in [5, 5.41) is 7.92. The highest BCUT2D eigenvalue weighted by molar-refractivity contribution is 7.26. The molecule has 0 bridgehead atoms. The van der Waals surface area contributed by atoms with Gasteiger partial charge in [-0.25, -0.2) is 0 Å². The minimum atomic E-state index is 1.02. The van der Waals surface area contributed by atoms with Gasteiger partial charge in [0.1, 0.15) is 0 Å². The smallest absolute Gasteiger partial charge is 0.0555 e. The van der Waals surface area contributed by atoms with E-state index in [-0.39, 0.29) is 0 Å². The average molecular weight is 630 g/mol. The van der Waals surface area contributed by atoms with Gasteiger partial charge in [0.2, 0.25) is 0 Å². The van der Waals surface area contributed by atoms with Crippen LogP contribution in [0.2, 0.25) is 0 Å². The molecule has 0 aliphatic heterocycles. The molecule has 0 fully saturated rings. The van der Waals surface area contributed by atoms with Crippen LogP contribution < -0.4 is 0 Å². The Labute approximate surface area is 283 Å². The molecule has 2 heteroatoms. The van der Waals surface area contributed by atoms with Crippen molar-refractivity contribution in [3.63, 3.8) is 0 Å². The number of aromatic nitrogens is 1. The highest BCUT2D eigenvalue weighted by Crippen LogP contribution is 2.44. The lowest BCUT2D eigenvalue weighted by Crippen LogP contribution is -1.99. The summed E-state index contributed by atoms with van der Waals surface area (Å²) in [6, 6.07) is 55.8. The molecule has 1 aliphatic carbocycles. The maximum absolute atomic E-state index is 2.49. The van der Waals surface area contributed by atoms with Crippen LogP contribution in [0.5, 0.6) is 0 Å². The number of para-hydroxylation sites is 1. The molecular weight excluding hydrogens is 599 g/mol. The van der Waals surface area contributed by atoms with E-state index in [4.69, 9.17) is 0 Å². The first-order chi connectivity index (χ1) is 23.8. The van der Waals surface area contributed by atoms with Crippen LogP contribution in [0.25, 0.3) is 80.7 Å². The quantitative estimate of drug-likeness (QED) is 0.183. The maximum atomic E-state index is 2.49. The van der Waals surface area contributed by atoms with Crippen molar-refractivity contribution in [1.29, 1.82) is 0 Å². The summed E-state index contributed by atoms with van der Waals surface area (Å²) in [6.45, 7) is 0. The zero-order valence-electron chi connectivity index (χ0n) is 26.4. The molecule has 48 heavy (non-hydrogen) atoms. The Kier molecular flexibility index (Phi) is 6.25. The standard InChI is InChI=1S/C46H31NS/c1-2-12-30(13-3-1)34-27-35(32-16-10-17-33(26-32)38-21-11-15-31-14-4-5-18-37(31)38)29-36(28-34)47-42-22-8-6-20-41(42)45-43(47)25-24-40-39-19-7-9-23-44(39)48-46(40)45/h1-9,11-16,18-29H,10,17H2. The van der Waals surface area contributed by atoms with Crippen molar-refractivity contribution in [3.8, 4) is 16.8 Å². The largest absolute Gasteiger partial charge is 0.309 e. The molecule has 2 aromatic heterocycles. The molecule has 0 unspecified atom stereocenters. The first-order valence-electron chi connectivity index (χ1n) is 16.7. The summed E-state index contributed by atoms with van der Waals surface area (Å²) in [7, 11) is 0. The normalized spacial score (nSPS) is 13.5. The van der Waals surface area contributed by atoms with Gasteiger partial charge >= 0.3 is 0 Å². The topological polar surface area (TPSA) is 4.93 Å². The third kappa shape index (κ3) is 4.30. The Bertz CT molecular complexity index is 2770. The number of fused-ring (bicyclic) bond motifs is 8. The molecular formula is C46H31NS. The van der Waals surface area contributed by atoms with Gasteiger partial charge in [-0.2, -0.15) is 0 Å². The molecule has 0 N–H and O–H groups in total. The SMILES string of the molecule is C1=C(c2cc(-c3ccccc3)cc(-n3c4ccccc4c4c5sc6ccccc6c5ccc43)c2)C=C(c2cccc3ccccc23)CC1. The minimum absolute atomic E-state index is 1.02. The van der Waals surface area contributed by atoms with Crippen molar-refractivity contribution in [2.75, 3.05) is 0 Å². The van der Waals surface area contributed by atoms with Gasteiger partial charge < -0.3 is 4.57 Å². The fourth-order valence-electron chi connectivity index (χ4n) is 7.84. The van der Waals surface area contributed by atoms with E-state index in [0.717, 1.165) is 12.8 Å². The van der Waals surface area contributed by atoms with Gasteiger partial charge in [0.15, 0.2) is 0 Å². The number of hydrogen-bond acceptors (Lipinski definition) is 1. The van der Waals surface area contributed by atoms with E-state index in [1.165, 1.54) is 91.8 Å². The number of rotatable bonds is 4. The van der Waals surface area contributed by atoms with Crippen LogP contribution in [0.15, 0.2) is 164 Å². The fraction of sp³-hybridized carbons (Fsp3) is 0.0435. The molecule has 2 heterocycles. The Balaban J connectivity index is 1.22. The van der Waals surface area contributed by atoms with Crippen LogP contribution >= 0.6 is 11.3 Å². The summed E-state index contributed by atoms with van der Waals surface area (Å²) in [4.78, 5) is 0. The Morgan fingerprint density at radius 2 is 1.27 bits per heavy atom. The highest BCUT2D eigenvalue weighted by Gasteiger charge is 2.19. The van der Waals surface area contributed by atoms with E-state index < -0.39 is 0 Å². The number of hydrogen-bond donors (Lipinski definition) is 0. The van der Waals surface area contributed by atoms with Gasteiger partial charge in [0.25, 0.3) is 0 Å². The first-order valence-corrected chi connectivity index (χ1v) is 17.6. The molecule has 1 aliphatic rings. The van der Waals surface area contributed by atoms with Crippen LogP contribution in [0.4, 0.5) is 0 Å². The van der Waals surface area contributed by atoms with E-state index in [9.17, 15) is 0 Å². The summed E-state index contributed by atoms with van der Waals surface area (Å²) >= 11 is 1.91. The van der Waals surface area contributed by atoms with Crippen LogP contribution in [-0.4, -0.2) is 4.57 Å². The van der Waals surface area contributed by atoms with Crippen LogP contribution in [0, 0.1) is 0 Å². The molecule has 0 atom stereocenters. The van der Waals surface area contributed by atoms with Crippen molar-refractivity contribution >= 4 is 75.2 Å². The average Bonchev–Trinajstić information content (AvgIpc) is 3.71. The molecule has 0 saturated heterocycles. The van der Waals surface area contributed by atoms with E-state index in [1.54, 1.807) is 0 Å². The van der Waals surface area contributed by atoms with E-state index in [2.05, 4.69) is 168 Å². The van der Waals surface area contributed by atoms with E-state index >= 15 is 0 Å². The second kappa shape index (κ2) is 10.9. The Morgan fingerprint density at radius 3 is 2.19 bits per heavy atom. The van der Waals surface area contributed by atoms with Crippen LogP contribution in [0.1, 0.15) is 24.0 Å². The highest BCUT2D eigenvalue weighted by atomic mass is 32.1. The minimum Gasteiger partial charge on any atom is -0.309 e. The lowest BCUT2D eigenvalue weighted by Gasteiger charge is -2.19. The molecule has 226 valence electrons. The van der Waals surface area contributed by atoms with Crippen molar-refractivity contribution in [2.45, 2.75) is 12.8 Å². The van der Waals surface area contributed by atoms with Gasteiger partial charge in [-0.3, -0.25) is 0 Å². The van der Waals surface area contributed by atoms with Crippen molar-refractivity contribution < 1.29 is 0 Å². The number of thiophene rings is 1. The molecule has 0 radical (unpaired) electrons. The molecule has 0 spiro atoms. The molecule has 1 nitrogen and oxygen atoms in total. The van der Waals surface area contributed by atoms with Crippen LogP contribution in [-0.2, 0) is 0 Å². The summed E-state index contributed by atoms with van der Waals surface area (Å²) in [5.41, 5.74) is 11.4. The summed E-state index contributed by atoms with van der Waals surface area (Å²) in [6.07, 6.45) is 6.93. The van der Waals surface area contributed by atoms with Gasteiger partial charge in [-0.15, -0.1) is 11.3 Å². The third-order valence-corrected chi connectivity index (χ3v) is 11.2. The number of benzene rings is 7. The predicted molar refractivity (Wildman–Crippen MR) is 208 cm³/mol. The van der Waals surface area contributed by atoms with Gasteiger partial charge in [-0.1, -0.05) is 127 Å². The Morgan fingerprint density at radius 1 is 0.521 bits per heavy atom. The number of nitrogens with zero attached hydrogens (tertiary/aromatic N) is 1. The third-order valence-electron chi connectivity index (χ3n) is 10.0. The van der Waals surface area contributed by atoms with Crippen molar-refractivity contribution in [3.05, 3.63) is 175 Å². The lowest BCUT2D eigenvalue weighted by atomic mass is 9.87. The second-order valence-electron chi connectivity index (χ2n) is 12.8. The Hall–Kier alpha value is -5.70. The molecule has 10 rings (SSSR count).